The van der Waals surface area contributed by atoms with Crippen molar-refractivity contribution in [3.05, 3.63) is 23.8 Å². The van der Waals surface area contributed by atoms with E-state index in [2.05, 4.69) is 0 Å². The molecule has 1 N–H and O–H groups in total. The Labute approximate surface area is 138 Å². The Hall–Kier alpha value is -1.96. The van der Waals surface area contributed by atoms with Crippen molar-refractivity contribution in [2.45, 2.75) is 25.1 Å². The van der Waals surface area contributed by atoms with Crippen molar-refractivity contribution in [2.24, 2.45) is 0 Å². The number of ether oxygens (including phenoxy) is 2. The fraction of sp³-hybridized carbons (Fsp3) is 0.562. The van der Waals surface area contributed by atoms with Crippen LogP contribution in [0.2, 0.25) is 0 Å². The van der Waals surface area contributed by atoms with Crippen LogP contribution in [-0.4, -0.2) is 50.8 Å². The summed E-state index contributed by atoms with van der Waals surface area (Å²) in [6.45, 7) is -0.752. The molecule has 1 aromatic carbocycles. The lowest BCUT2D eigenvalue weighted by molar-refractivity contribution is -0.139. The Bertz CT molecular complexity index is 578. The van der Waals surface area contributed by atoms with Gasteiger partial charge in [-0.3, -0.25) is 9.69 Å². The molecular formula is C16H21F3N2O3. The largest absolute Gasteiger partial charge is 0.497 e. The number of nitrogens with one attached hydrogen (secondary N) is 1. The van der Waals surface area contributed by atoms with Crippen molar-refractivity contribution in [1.82, 2.24) is 10.2 Å². The van der Waals surface area contributed by atoms with E-state index in [4.69, 9.17) is 9.47 Å². The topological polar surface area (TPSA) is 50.8 Å². The van der Waals surface area contributed by atoms with Crippen molar-refractivity contribution in [1.29, 1.82) is 0 Å². The molecule has 1 fully saturated rings. The number of rotatable bonds is 6. The first-order chi connectivity index (χ1) is 11.3. The first kappa shape index (κ1) is 18.4. The molecule has 1 saturated heterocycles. The molecule has 0 saturated carbocycles. The zero-order chi connectivity index (χ0) is 17.7. The number of carbonyl (C=O) groups excluding carboxylic acids is 1. The van der Waals surface area contributed by atoms with Gasteiger partial charge in [-0.25, -0.2) is 0 Å². The zero-order valence-corrected chi connectivity index (χ0v) is 13.7. The number of amides is 1. The highest BCUT2D eigenvalue weighted by Gasteiger charge is 2.32. The summed E-state index contributed by atoms with van der Waals surface area (Å²) >= 11 is 0. The molecular weight excluding hydrogens is 325 g/mol. The minimum atomic E-state index is -4.41. The molecule has 2 rings (SSSR count). The van der Waals surface area contributed by atoms with Crippen LogP contribution < -0.4 is 14.8 Å². The smallest absolute Gasteiger partial charge is 0.405 e. The number of hydrogen-bond donors (Lipinski definition) is 1. The van der Waals surface area contributed by atoms with Crippen LogP contribution in [0.4, 0.5) is 13.2 Å². The van der Waals surface area contributed by atoms with E-state index in [1.54, 1.807) is 26.4 Å². The van der Waals surface area contributed by atoms with Gasteiger partial charge >= 0.3 is 6.18 Å². The van der Waals surface area contributed by atoms with Gasteiger partial charge in [-0.15, -0.1) is 0 Å². The van der Waals surface area contributed by atoms with Gasteiger partial charge in [-0.1, -0.05) is 0 Å². The van der Waals surface area contributed by atoms with Gasteiger partial charge in [0.15, 0.2) is 0 Å². The fourth-order valence-corrected chi connectivity index (χ4v) is 2.91. The van der Waals surface area contributed by atoms with Gasteiger partial charge in [-0.2, -0.15) is 13.2 Å². The van der Waals surface area contributed by atoms with Crippen molar-refractivity contribution >= 4 is 5.91 Å². The molecule has 1 aliphatic heterocycles. The maximum Gasteiger partial charge on any atom is 0.405 e. The lowest BCUT2D eigenvalue weighted by Crippen LogP contribution is -2.40. The molecule has 0 aliphatic carbocycles. The lowest BCUT2D eigenvalue weighted by atomic mass is 10.0. The van der Waals surface area contributed by atoms with Gasteiger partial charge < -0.3 is 14.8 Å². The van der Waals surface area contributed by atoms with Crippen LogP contribution in [0.25, 0.3) is 0 Å². The summed E-state index contributed by atoms with van der Waals surface area (Å²) in [5.74, 6) is 0.698. The Morgan fingerprint density at radius 2 is 2.08 bits per heavy atom. The Kier molecular flexibility index (Phi) is 5.93. The van der Waals surface area contributed by atoms with Gasteiger partial charge in [0.25, 0.3) is 0 Å². The second-order valence-corrected chi connectivity index (χ2v) is 5.63. The summed E-state index contributed by atoms with van der Waals surface area (Å²) in [7, 11) is 3.11. The second kappa shape index (κ2) is 7.74. The summed E-state index contributed by atoms with van der Waals surface area (Å²) in [4.78, 5) is 13.7. The van der Waals surface area contributed by atoms with E-state index < -0.39 is 18.6 Å². The number of carbonyl (C=O) groups is 1. The molecule has 0 unspecified atom stereocenters. The quantitative estimate of drug-likeness (QED) is 0.860. The van der Waals surface area contributed by atoms with E-state index in [1.165, 1.54) is 0 Å². The van der Waals surface area contributed by atoms with Crippen molar-refractivity contribution in [2.75, 3.05) is 33.9 Å². The van der Waals surface area contributed by atoms with Gasteiger partial charge in [0.2, 0.25) is 5.91 Å². The molecule has 1 amide bonds. The third-order valence-corrected chi connectivity index (χ3v) is 3.99. The standard InChI is InChI=1S/C16H21F3N2O3/c1-23-11-5-6-14(24-2)12(8-11)13-4-3-7-21(13)9-15(22)20-10-16(17,18)19/h5-6,8,13H,3-4,7,9-10H2,1-2H3,(H,20,22)/t13-/m1/s1. The highest BCUT2D eigenvalue weighted by atomic mass is 19.4. The van der Waals surface area contributed by atoms with E-state index >= 15 is 0 Å². The summed E-state index contributed by atoms with van der Waals surface area (Å²) in [6.07, 6.45) is -2.75. The van der Waals surface area contributed by atoms with Crippen molar-refractivity contribution < 1.29 is 27.4 Å². The molecule has 5 nitrogen and oxygen atoms in total. The maximum absolute atomic E-state index is 12.2. The molecule has 1 aromatic rings. The Morgan fingerprint density at radius 1 is 1.33 bits per heavy atom. The SMILES string of the molecule is COc1ccc(OC)c([C@H]2CCCN2CC(=O)NCC(F)(F)F)c1. The highest BCUT2D eigenvalue weighted by Crippen LogP contribution is 2.38. The molecule has 0 radical (unpaired) electrons. The van der Waals surface area contributed by atoms with Crippen molar-refractivity contribution in [3.8, 4) is 11.5 Å². The van der Waals surface area contributed by atoms with Crippen LogP contribution in [0.1, 0.15) is 24.4 Å². The molecule has 1 atom stereocenters. The normalized spacial score (nSPS) is 18.5. The number of hydrogen-bond acceptors (Lipinski definition) is 4. The monoisotopic (exact) mass is 346 g/mol. The fourth-order valence-electron chi connectivity index (χ4n) is 2.91. The summed E-state index contributed by atoms with van der Waals surface area (Å²) in [6, 6.07) is 5.31. The highest BCUT2D eigenvalue weighted by molar-refractivity contribution is 5.78. The maximum atomic E-state index is 12.2. The number of halogens is 3. The average Bonchev–Trinajstić information content (AvgIpc) is 2.99. The second-order valence-electron chi connectivity index (χ2n) is 5.63. The van der Waals surface area contributed by atoms with E-state index in [0.717, 1.165) is 18.4 Å². The molecule has 134 valence electrons. The number of alkyl halides is 3. The van der Waals surface area contributed by atoms with Gasteiger partial charge in [-0.05, 0) is 37.6 Å². The van der Waals surface area contributed by atoms with E-state index in [9.17, 15) is 18.0 Å². The molecule has 0 aromatic heterocycles. The van der Waals surface area contributed by atoms with Crippen LogP contribution in [0.15, 0.2) is 18.2 Å². The van der Waals surface area contributed by atoms with E-state index in [0.29, 0.717) is 18.0 Å². The molecule has 1 aliphatic rings. The molecule has 24 heavy (non-hydrogen) atoms. The minimum absolute atomic E-state index is 0.0822. The molecule has 0 spiro atoms. The first-order valence-electron chi connectivity index (χ1n) is 7.63. The van der Waals surface area contributed by atoms with E-state index in [-0.39, 0.29) is 12.6 Å². The molecule has 8 heteroatoms. The van der Waals surface area contributed by atoms with Crippen LogP contribution in [0.5, 0.6) is 11.5 Å². The average molecular weight is 346 g/mol. The summed E-state index contributed by atoms with van der Waals surface area (Å²) in [5.41, 5.74) is 0.873. The number of nitrogens with zero attached hydrogens (tertiary/aromatic N) is 1. The van der Waals surface area contributed by atoms with Crippen molar-refractivity contribution in [3.63, 3.8) is 0 Å². The molecule has 0 bridgehead atoms. The third-order valence-electron chi connectivity index (χ3n) is 3.99. The van der Waals surface area contributed by atoms with Crippen LogP contribution in [0.3, 0.4) is 0 Å². The predicted molar refractivity (Wildman–Crippen MR) is 82.2 cm³/mol. The Balaban J connectivity index is 2.09. The minimum Gasteiger partial charge on any atom is -0.497 e. The lowest BCUT2D eigenvalue weighted by Gasteiger charge is -2.26. The Morgan fingerprint density at radius 3 is 2.71 bits per heavy atom. The third kappa shape index (κ3) is 4.77. The number of benzene rings is 1. The number of likely N-dealkylation sites (tertiary alicyclic amines) is 1. The van der Waals surface area contributed by atoms with Crippen LogP contribution in [0, 0.1) is 0 Å². The first-order valence-corrected chi connectivity index (χ1v) is 7.63. The van der Waals surface area contributed by atoms with E-state index in [1.807, 2.05) is 16.3 Å². The number of methoxy groups -OCH3 is 2. The summed E-state index contributed by atoms with van der Waals surface area (Å²) in [5, 5.41) is 1.91. The predicted octanol–water partition coefficient (Wildman–Crippen LogP) is 2.52. The van der Waals surface area contributed by atoms with Gasteiger partial charge in [0.1, 0.15) is 18.0 Å². The van der Waals surface area contributed by atoms with Gasteiger partial charge in [0.05, 0.1) is 20.8 Å². The van der Waals surface area contributed by atoms with Gasteiger partial charge in [0, 0.05) is 11.6 Å². The summed E-state index contributed by atoms with van der Waals surface area (Å²) < 4.78 is 47.2. The molecule has 1 heterocycles. The zero-order valence-electron chi connectivity index (χ0n) is 13.7. The van der Waals surface area contributed by atoms with Crippen LogP contribution >= 0.6 is 0 Å². The van der Waals surface area contributed by atoms with Crippen LogP contribution in [-0.2, 0) is 4.79 Å².